The molecule has 5 nitrogen and oxygen atoms in total. The number of ether oxygens (including phenoxy) is 1. The monoisotopic (exact) mass is 386 g/mol. The van der Waals surface area contributed by atoms with E-state index in [4.69, 9.17) is 4.74 Å². The van der Waals surface area contributed by atoms with Gasteiger partial charge < -0.3 is 4.74 Å². The van der Waals surface area contributed by atoms with E-state index in [9.17, 15) is 27.2 Å². The van der Waals surface area contributed by atoms with E-state index in [1.807, 2.05) is 0 Å². The fourth-order valence-electron chi connectivity index (χ4n) is 3.82. The molecule has 1 aromatic heterocycles. The average Bonchev–Trinajstić information content (AvgIpc) is 2.90. The van der Waals surface area contributed by atoms with Crippen LogP contribution in [0.5, 0.6) is 0 Å². The molecule has 1 aliphatic rings. The number of aromatic nitrogens is 2. The Labute approximate surface area is 151 Å². The van der Waals surface area contributed by atoms with Crippen LogP contribution in [0.2, 0.25) is 0 Å². The predicted octanol–water partition coefficient (Wildman–Crippen LogP) is 2.79. The molecule has 0 aliphatic heterocycles. The number of aromatic amines is 1. The van der Waals surface area contributed by atoms with Crippen LogP contribution in [0.1, 0.15) is 28.8 Å². The lowest BCUT2D eigenvalue weighted by Crippen LogP contribution is -2.44. The van der Waals surface area contributed by atoms with E-state index in [1.165, 1.54) is 26.2 Å². The molecule has 1 atom stereocenters. The molecule has 1 aromatic carbocycles. The number of esters is 1. The molecule has 0 fully saturated rings. The molecule has 146 valence electrons. The Morgan fingerprint density at radius 3 is 2.70 bits per heavy atom. The Morgan fingerprint density at radius 2 is 2.07 bits per heavy atom. The molecule has 0 bridgehead atoms. The molecule has 1 aliphatic carbocycles. The van der Waals surface area contributed by atoms with E-state index >= 15 is 0 Å². The first kappa shape index (κ1) is 19.2. The van der Waals surface area contributed by atoms with Crippen LogP contribution in [0.25, 0.3) is 0 Å². The maximum atomic E-state index is 14.1. The van der Waals surface area contributed by atoms with Crippen molar-refractivity contribution in [2.45, 2.75) is 44.3 Å². The standard InChI is InChI=1S/C18H18F4N2O3/c1-10-12(4-3-5-13(10)19)17(16(26)27-2)7-6-14-11(8-17)15(25)24(23-14)9-18(20,21)22/h3-5,23H,6-9H2,1-2H3. The minimum Gasteiger partial charge on any atom is -0.468 e. The SMILES string of the molecule is COC(=O)C1(c2cccc(F)c2C)CCc2[nH]n(CC(F)(F)F)c(=O)c2C1. The number of halogens is 4. The highest BCUT2D eigenvalue weighted by Crippen LogP contribution is 2.40. The van der Waals surface area contributed by atoms with Gasteiger partial charge >= 0.3 is 12.1 Å². The van der Waals surface area contributed by atoms with Gasteiger partial charge in [-0.25, -0.2) is 9.07 Å². The summed E-state index contributed by atoms with van der Waals surface area (Å²) in [4.78, 5) is 25.1. The number of fused-ring (bicyclic) bond motifs is 1. The number of carbonyl (C=O) groups excluding carboxylic acids is 1. The third kappa shape index (κ3) is 3.26. The Hall–Kier alpha value is -2.58. The van der Waals surface area contributed by atoms with Crippen molar-refractivity contribution in [3.63, 3.8) is 0 Å². The molecular formula is C18H18F4N2O3. The quantitative estimate of drug-likeness (QED) is 0.652. The summed E-state index contributed by atoms with van der Waals surface area (Å²) < 4.78 is 57.6. The predicted molar refractivity (Wildman–Crippen MR) is 88.0 cm³/mol. The molecule has 1 N–H and O–H groups in total. The van der Waals surface area contributed by atoms with Gasteiger partial charge in [0.1, 0.15) is 12.4 Å². The van der Waals surface area contributed by atoms with Gasteiger partial charge in [-0.15, -0.1) is 0 Å². The van der Waals surface area contributed by atoms with Crippen molar-refractivity contribution >= 4 is 5.97 Å². The molecule has 3 rings (SSSR count). The van der Waals surface area contributed by atoms with Crippen LogP contribution in [-0.4, -0.2) is 29.0 Å². The number of methoxy groups -OCH3 is 1. The number of carbonyl (C=O) groups is 1. The van der Waals surface area contributed by atoms with Crippen molar-refractivity contribution in [3.8, 4) is 0 Å². The number of benzene rings is 1. The van der Waals surface area contributed by atoms with Crippen LogP contribution in [0.3, 0.4) is 0 Å². The Morgan fingerprint density at radius 1 is 1.37 bits per heavy atom. The number of rotatable bonds is 3. The molecule has 2 aromatic rings. The van der Waals surface area contributed by atoms with Crippen molar-refractivity contribution in [1.29, 1.82) is 0 Å². The molecular weight excluding hydrogens is 368 g/mol. The number of aryl methyl sites for hydroxylation is 1. The summed E-state index contributed by atoms with van der Waals surface area (Å²) in [6.45, 7) is 0.0764. The topological polar surface area (TPSA) is 64.1 Å². The van der Waals surface area contributed by atoms with Gasteiger partial charge in [0.05, 0.1) is 12.5 Å². The lowest BCUT2D eigenvalue weighted by atomic mass is 9.67. The van der Waals surface area contributed by atoms with Gasteiger partial charge in [0.25, 0.3) is 5.56 Å². The zero-order valence-corrected chi connectivity index (χ0v) is 14.7. The first-order chi connectivity index (χ1) is 12.6. The van der Waals surface area contributed by atoms with Gasteiger partial charge in [0.2, 0.25) is 0 Å². The number of alkyl halides is 3. The molecule has 0 saturated heterocycles. The van der Waals surface area contributed by atoms with Crippen LogP contribution in [0, 0.1) is 12.7 Å². The van der Waals surface area contributed by atoms with Gasteiger partial charge in [-0.05, 0) is 43.4 Å². The van der Waals surface area contributed by atoms with Crippen molar-refractivity contribution in [3.05, 3.63) is 56.8 Å². The summed E-state index contributed by atoms with van der Waals surface area (Å²) in [7, 11) is 1.19. The molecule has 0 saturated carbocycles. The minimum atomic E-state index is -4.56. The minimum absolute atomic E-state index is 0.0968. The van der Waals surface area contributed by atoms with E-state index in [0.717, 1.165) is 0 Å². The summed E-state index contributed by atoms with van der Waals surface area (Å²) in [5.74, 6) is -1.16. The molecule has 0 spiro atoms. The fourth-order valence-corrected chi connectivity index (χ4v) is 3.82. The molecule has 0 radical (unpaired) electrons. The normalized spacial score (nSPS) is 19.6. The average molecular weight is 386 g/mol. The van der Waals surface area contributed by atoms with E-state index in [-0.39, 0.29) is 30.4 Å². The summed E-state index contributed by atoms with van der Waals surface area (Å²) in [6, 6.07) is 4.29. The maximum absolute atomic E-state index is 14.1. The lowest BCUT2D eigenvalue weighted by molar-refractivity contribution is -0.148. The zero-order valence-electron chi connectivity index (χ0n) is 14.7. The second kappa shape index (κ2) is 6.54. The van der Waals surface area contributed by atoms with Gasteiger partial charge in [0.15, 0.2) is 0 Å². The first-order valence-electron chi connectivity index (χ1n) is 8.30. The van der Waals surface area contributed by atoms with Gasteiger partial charge in [0, 0.05) is 11.3 Å². The highest BCUT2D eigenvalue weighted by Gasteiger charge is 2.47. The summed E-state index contributed by atoms with van der Waals surface area (Å²) in [5, 5.41) is 2.49. The van der Waals surface area contributed by atoms with Crippen LogP contribution in [-0.2, 0) is 34.3 Å². The number of hydrogen-bond acceptors (Lipinski definition) is 3. The Balaban J connectivity index is 2.12. The molecule has 0 amide bonds. The van der Waals surface area contributed by atoms with Crippen LogP contribution < -0.4 is 5.56 Å². The number of nitrogens with one attached hydrogen (secondary N) is 1. The zero-order chi connectivity index (χ0) is 20.0. The summed E-state index contributed by atoms with van der Waals surface area (Å²) in [6.07, 6.45) is -4.36. The first-order valence-corrected chi connectivity index (χ1v) is 8.30. The van der Waals surface area contributed by atoms with E-state index < -0.39 is 35.5 Å². The highest BCUT2D eigenvalue weighted by molar-refractivity contribution is 5.84. The molecule has 1 unspecified atom stereocenters. The van der Waals surface area contributed by atoms with Crippen molar-refractivity contribution in [2.75, 3.05) is 7.11 Å². The van der Waals surface area contributed by atoms with E-state index in [1.54, 1.807) is 6.07 Å². The maximum Gasteiger partial charge on any atom is 0.408 e. The Kier molecular flexibility index (Phi) is 4.65. The number of hydrogen-bond donors (Lipinski definition) is 1. The van der Waals surface area contributed by atoms with Gasteiger partial charge in [-0.3, -0.25) is 14.7 Å². The van der Waals surface area contributed by atoms with Gasteiger partial charge in [-0.1, -0.05) is 12.1 Å². The molecule has 1 heterocycles. The summed E-state index contributed by atoms with van der Waals surface area (Å²) in [5.41, 5.74) is -1.08. The number of nitrogens with zero attached hydrogens (tertiary/aromatic N) is 1. The molecule has 9 heteroatoms. The highest BCUT2D eigenvalue weighted by atomic mass is 19.4. The molecule has 27 heavy (non-hydrogen) atoms. The lowest BCUT2D eigenvalue weighted by Gasteiger charge is -2.35. The van der Waals surface area contributed by atoms with E-state index in [0.29, 0.717) is 15.9 Å². The van der Waals surface area contributed by atoms with Crippen molar-refractivity contribution in [1.82, 2.24) is 9.78 Å². The van der Waals surface area contributed by atoms with Crippen molar-refractivity contribution < 1.29 is 27.1 Å². The van der Waals surface area contributed by atoms with Crippen LogP contribution >= 0.6 is 0 Å². The van der Waals surface area contributed by atoms with Crippen LogP contribution in [0.15, 0.2) is 23.0 Å². The largest absolute Gasteiger partial charge is 0.468 e. The third-order valence-corrected chi connectivity index (χ3v) is 5.11. The van der Waals surface area contributed by atoms with Gasteiger partial charge in [-0.2, -0.15) is 13.2 Å². The van der Waals surface area contributed by atoms with Crippen LogP contribution in [0.4, 0.5) is 17.6 Å². The van der Waals surface area contributed by atoms with Crippen molar-refractivity contribution in [2.24, 2.45) is 0 Å². The second-order valence-corrected chi connectivity index (χ2v) is 6.74. The number of H-pyrrole nitrogens is 1. The fraction of sp³-hybridized carbons (Fsp3) is 0.444. The smallest absolute Gasteiger partial charge is 0.408 e. The summed E-state index contributed by atoms with van der Waals surface area (Å²) >= 11 is 0. The Bertz CT molecular complexity index is 945. The second-order valence-electron chi connectivity index (χ2n) is 6.74. The van der Waals surface area contributed by atoms with E-state index in [2.05, 4.69) is 5.10 Å². The third-order valence-electron chi connectivity index (χ3n) is 5.11.